The van der Waals surface area contributed by atoms with Gasteiger partial charge < -0.3 is 19.6 Å². The Hall–Kier alpha value is -3.80. The van der Waals surface area contributed by atoms with Crippen LogP contribution in [-0.2, 0) is 9.63 Å². The van der Waals surface area contributed by atoms with Crippen LogP contribution < -0.4 is 14.8 Å². The van der Waals surface area contributed by atoms with Gasteiger partial charge in [-0.05, 0) is 43.7 Å². The molecule has 6 heteroatoms. The van der Waals surface area contributed by atoms with Crippen molar-refractivity contribution in [1.82, 2.24) is 0 Å². The van der Waals surface area contributed by atoms with Crippen molar-refractivity contribution in [2.45, 2.75) is 20.0 Å². The first-order valence-corrected chi connectivity index (χ1v) is 10.0. The van der Waals surface area contributed by atoms with Crippen LogP contribution in [0.4, 0.5) is 5.69 Å². The zero-order chi connectivity index (χ0) is 22.1. The fourth-order valence-corrected chi connectivity index (χ4v) is 2.96. The number of ether oxygens (including phenoxy) is 2. The van der Waals surface area contributed by atoms with E-state index in [0.717, 1.165) is 22.4 Å². The summed E-state index contributed by atoms with van der Waals surface area (Å²) in [6.07, 6.45) is 1.56. The van der Waals surface area contributed by atoms with E-state index in [9.17, 15) is 4.79 Å². The van der Waals surface area contributed by atoms with Gasteiger partial charge >= 0.3 is 0 Å². The average molecular weight is 418 g/mol. The Kier molecular flexibility index (Phi) is 7.65. The van der Waals surface area contributed by atoms with Crippen LogP contribution in [0.25, 0.3) is 11.1 Å². The molecule has 0 aliphatic heterocycles. The van der Waals surface area contributed by atoms with E-state index in [1.165, 1.54) is 6.21 Å². The van der Waals surface area contributed by atoms with Crippen molar-refractivity contribution >= 4 is 17.8 Å². The maximum absolute atomic E-state index is 12.3. The number of nitrogens with one attached hydrogen (secondary N) is 1. The van der Waals surface area contributed by atoms with E-state index in [1.807, 2.05) is 80.6 Å². The molecule has 3 aromatic carbocycles. The molecule has 31 heavy (non-hydrogen) atoms. The molecule has 1 amide bonds. The van der Waals surface area contributed by atoms with E-state index in [0.29, 0.717) is 11.5 Å². The molecule has 0 aliphatic carbocycles. The molecule has 0 saturated carbocycles. The Balaban J connectivity index is 1.57. The zero-order valence-electron chi connectivity index (χ0n) is 17.9. The van der Waals surface area contributed by atoms with Crippen LogP contribution in [-0.4, -0.2) is 31.9 Å². The number of amides is 1. The fourth-order valence-electron chi connectivity index (χ4n) is 2.96. The molecule has 0 spiro atoms. The van der Waals surface area contributed by atoms with E-state index in [-0.39, 0.29) is 18.6 Å². The third-order valence-electron chi connectivity index (χ3n) is 4.31. The molecule has 0 unspecified atom stereocenters. The minimum Gasteiger partial charge on any atom is -0.493 e. The van der Waals surface area contributed by atoms with Crippen LogP contribution >= 0.6 is 0 Å². The van der Waals surface area contributed by atoms with Crippen molar-refractivity contribution in [3.8, 4) is 22.6 Å². The summed E-state index contributed by atoms with van der Waals surface area (Å²) in [4.78, 5) is 17.5. The quantitative estimate of drug-likeness (QED) is 0.386. The topological polar surface area (TPSA) is 69.2 Å². The van der Waals surface area contributed by atoms with Crippen LogP contribution in [0.3, 0.4) is 0 Å². The lowest BCUT2D eigenvalue weighted by atomic mass is 10.0. The zero-order valence-corrected chi connectivity index (χ0v) is 17.9. The van der Waals surface area contributed by atoms with E-state index in [4.69, 9.17) is 14.3 Å². The molecule has 0 saturated heterocycles. The first-order valence-electron chi connectivity index (χ1n) is 10.0. The molecule has 0 radical (unpaired) electrons. The first-order chi connectivity index (χ1) is 15.1. The minimum atomic E-state index is -0.293. The van der Waals surface area contributed by atoms with Gasteiger partial charge in [0.1, 0.15) is 0 Å². The second kappa shape index (κ2) is 10.8. The van der Waals surface area contributed by atoms with Crippen molar-refractivity contribution in [1.29, 1.82) is 0 Å². The standard InChI is InChI=1S/C25H26N2O4/c1-18(2)31-23-14-13-19(15-24(23)29-3)16-26-30-17-25(28)27-22-12-8-7-11-21(22)20-9-5-4-6-10-20/h4-16,18H,17H2,1-3H3,(H,27,28)/b26-16-. The molecule has 0 bridgehead atoms. The van der Waals surface area contributed by atoms with Crippen molar-refractivity contribution in [3.63, 3.8) is 0 Å². The highest BCUT2D eigenvalue weighted by Crippen LogP contribution is 2.29. The normalized spacial score (nSPS) is 10.8. The monoisotopic (exact) mass is 418 g/mol. The van der Waals surface area contributed by atoms with Gasteiger partial charge in [-0.15, -0.1) is 0 Å². The van der Waals surface area contributed by atoms with Crippen LogP contribution in [0, 0.1) is 0 Å². The Bertz CT molecular complexity index is 1030. The lowest BCUT2D eigenvalue weighted by molar-refractivity contribution is -0.120. The van der Waals surface area contributed by atoms with Crippen molar-refractivity contribution in [3.05, 3.63) is 78.4 Å². The second-order valence-corrected chi connectivity index (χ2v) is 7.04. The number of carbonyl (C=O) groups excluding carboxylic acids is 1. The minimum absolute atomic E-state index is 0.0438. The van der Waals surface area contributed by atoms with Crippen LogP contribution in [0.5, 0.6) is 11.5 Å². The summed E-state index contributed by atoms with van der Waals surface area (Å²) in [5.41, 5.74) is 3.45. The molecule has 6 nitrogen and oxygen atoms in total. The maximum atomic E-state index is 12.3. The molecule has 0 aliphatic rings. The summed E-state index contributed by atoms with van der Waals surface area (Å²) in [7, 11) is 1.58. The molecular formula is C25H26N2O4. The molecule has 0 heterocycles. The lowest BCUT2D eigenvalue weighted by Gasteiger charge is -2.13. The van der Waals surface area contributed by atoms with E-state index in [2.05, 4.69) is 10.5 Å². The number of rotatable bonds is 9. The highest BCUT2D eigenvalue weighted by molar-refractivity contribution is 5.96. The summed E-state index contributed by atoms with van der Waals surface area (Å²) >= 11 is 0. The molecule has 0 fully saturated rings. The van der Waals surface area contributed by atoms with Gasteiger partial charge in [-0.25, -0.2) is 0 Å². The third-order valence-corrected chi connectivity index (χ3v) is 4.31. The number of carbonyl (C=O) groups is 1. The number of oxime groups is 1. The average Bonchev–Trinajstić information content (AvgIpc) is 2.78. The Morgan fingerprint density at radius 3 is 2.48 bits per heavy atom. The van der Waals surface area contributed by atoms with Crippen molar-refractivity contribution in [2.24, 2.45) is 5.16 Å². The predicted molar refractivity (Wildman–Crippen MR) is 123 cm³/mol. The summed E-state index contributed by atoms with van der Waals surface area (Å²) in [6.45, 7) is 3.70. The Labute approximate surface area is 182 Å². The molecule has 0 aromatic heterocycles. The highest BCUT2D eigenvalue weighted by atomic mass is 16.6. The van der Waals surface area contributed by atoms with Crippen molar-refractivity contribution < 1.29 is 19.1 Å². The van der Waals surface area contributed by atoms with E-state index >= 15 is 0 Å². The van der Waals surface area contributed by atoms with Gasteiger partial charge in [0.2, 0.25) is 0 Å². The van der Waals surface area contributed by atoms with Gasteiger partial charge in [-0.3, -0.25) is 4.79 Å². The van der Waals surface area contributed by atoms with Crippen LogP contribution in [0.1, 0.15) is 19.4 Å². The number of methoxy groups -OCH3 is 1. The van der Waals surface area contributed by atoms with Gasteiger partial charge in [0.15, 0.2) is 18.1 Å². The molecular weight excluding hydrogens is 392 g/mol. The smallest absolute Gasteiger partial charge is 0.265 e. The van der Waals surface area contributed by atoms with Crippen LogP contribution in [0.2, 0.25) is 0 Å². The summed E-state index contributed by atoms with van der Waals surface area (Å²) in [5.74, 6) is 0.971. The first kappa shape index (κ1) is 21.9. The second-order valence-electron chi connectivity index (χ2n) is 7.04. The van der Waals surface area contributed by atoms with Gasteiger partial charge in [0.25, 0.3) is 5.91 Å². The molecule has 160 valence electrons. The predicted octanol–water partition coefficient (Wildman–Crippen LogP) is 5.14. The van der Waals surface area contributed by atoms with Crippen LogP contribution in [0.15, 0.2) is 78.0 Å². The molecule has 1 N–H and O–H groups in total. The summed E-state index contributed by atoms with van der Waals surface area (Å²) < 4.78 is 11.0. The van der Waals surface area contributed by atoms with Gasteiger partial charge in [0, 0.05) is 16.8 Å². The largest absolute Gasteiger partial charge is 0.493 e. The molecule has 3 rings (SSSR count). The highest BCUT2D eigenvalue weighted by Gasteiger charge is 2.09. The molecule has 0 atom stereocenters. The number of nitrogens with zero attached hydrogens (tertiary/aromatic N) is 1. The van der Waals surface area contributed by atoms with Crippen molar-refractivity contribution in [2.75, 3.05) is 19.0 Å². The number of para-hydroxylation sites is 1. The Morgan fingerprint density at radius 2 is 1.74 bits per heavy atom. The number of anilines is 1. The lowest BCUT2D eigenvalue weighted by Crippen LogP contribution is -2.17. The maximum Gasteiger partial charge on any atom is 0.265 e. The van der Waals surface area contributed by atoms with Gasteiger partial charge in [0.05, 0.1) is 19.4 Å². The Morgan fingerprint density at radius 1 is 1.00 bits per heavy atom. The van der Waals surface area contributed by atoms with Gasteiger partial charge in [-0.2, -0.15) is 0 Å². The van der Waals surface area contributed by atoms with Gasteiger partial charge in [-0.1, -0.05) is 53.7 Å². The SMILES string of the molecule is COc1cc(/C=N\OCC(=O)Nc2ccccc2-c2ccccc2)ccc1OC(C)C. The number of hydrogen-bond donors (Lipinski definition) is 1. The number of benzene rings is 3. The number of hydrogen-bond acceptors (Lipinski definition) is 5. The van der Waals surface area contributed by atoms with E-state index in [1.54, 1.807) is 13.2 Å². The van der Waals surface area contributed by atoms with E-state index < -0.39 is 0 Å². The third kappa shape index (κ3) is 6.34. The summed E-state index contributed by atoms with van der Waals surface area (Å²) in [6, 6.07) is 22.9. The summed E-state index contributed by atoms with van der Waals surface area (Å²) in [5, 5.41) is 6.76. The molecule has 3 aromatic rings. The fraction of sp³-hybridized carbons (Fsp3) is 0.200.